The van der Waals surface area contributed by atoms with Crippen LogP contribution in [0, 0.1) is 11.8 Å². The molecule has 0 spiro atoms. The van der Waals surface area contributed by atoms with Gasteiger partial charge in [-0.3, -0.25) is 14.5 Å². The molecule has 1 aromatic heterocycles. The monoisotopic (exact) mass is 440 g/mol. The van der Waals surface area contributed by atoms with Crippen molar-refractivity contribution < 1.29 is 27.3 Å². The number of rotatable bonds is 6. The number of aromatic nitrogens is 1. The lowest BCUT2D eigenvalue weighted by molar-refractivity contribution is -0.128. The average Bonchev–Trinajstić information content (AvgIpc) is 3.38. The van der Waals surface area contributed by atoms with Crippen molar-refractivity contribution in [2.75, 3.05) is 45.6 Å². The predicted molar refractivity (Wildman–Crippen MR) is 106 cm³/mol. The van der Waals surface area contributed by atoms with Gasteiger partial charge in [0.1, 0.15) is 0 Å². The second kappa shape index (κ2) is 8.27. The molecule has 4 rings (SSSR count). The van der Waals surface area contributed by atoms with E-state index in [4.69, 9.17) is 9.26 Å². The van der Waals surface area contributed by atoms with Crippen molar-refractivity contribution in [2.24, 2.45) is 11.8 Å². The zero-order valence-electron chi connectivity index (χ0n) is 17.3. The fourth-order valence-corrected chi connectivity index (χ4v) is 6.00. The third-order valence-corrected chi connectivity index (χ3v) is 7.36. The molecule has 3 aliphatic heterocycles. The topological polar surface area (TPSA) is 113 Å². The van der Waals surface area contributed by atoms with Crippen LogP contribution in [0.3, 0.4) is 0 Å². The van der Waals surface area contributed by atoms with Gasteiger partial charge in [0.05, 0.1) is 32.1 Å². The first-order chi connectivity index (χ1) is 14.3. The second-order valence-electron chi connectivity index (χ2n) is 8.30. The summed E-state index contributed by atoms with van der Waals surface area (Å²) < 4.78 is 36.2. The summed E-state index contributed by atoms with van der Waals surface area (Å²) in [6.07, 6.45) is 2.44. The SMILES string of the molecule is CCC[C@H]1C(=O)N(S(C)(=O)=O)[C@H]2CN(C(=O)c3cc(CN4CCOCC4)on3)C[C@H]12. The number of hydrogen-bond donors (Lipinski definition) is 0. The van der Waals surface area contributed by atoms with Gasteiger partial charge in [0.15, 0.2) is 11.5 Å². The van der Waals surface area contributed by atoms with Gasteiger partial charge >= 0.3 is 0 Å². The summed E-state index contributed by atoms with van der Waals surface area (Å²) in [6.45, 7) is 6.00. The highest BCUT2D eigenvalue weighted by Gasteiger charge is 2.55. The molecule has 2 amide bonds. The molecule has 0 saturated carbocycles. The van der Waals surface area contributed by atoms with E-state index in [1.54, 1.807) is 11.0 Å². The molecule has 3 atom stereocenters. The van der Waals surface area contributed by atoms with E-state index in [0.29, 0.717) is 38.5 Å². The fraction of sp³-hybridized carbons (Fsp3) is 0.737. The first-order valence-electron chi connectivity index (χ1n) is 10.4. The summed E-state index contributed by atoms with van der Waals surface area (Å²) in [5, 5.41) is 3.94. The maximum Gasteiger partial charge on any atom is 0.276 e. The van der Waals surface area contributed by atoms with Crippen LogP contribution in [-0.4, -0.2) is 91.2 Å². The molecule has 4 heterocycles. The number of fused-ring (bicyclic) bond motifs is 1. The van der Waals surface area contributed by atoms with Crippen LogP contribution in [0.4, 0.5) is 0 Å². The maximum absolute atomic E-state index is 13.0. The minimum Gasteiger partial charge on any atom is -0.379 e. The largest absolute Gasteiger partial charge is 0.379 e. The summed E-state index contributed by atoms with van der Waals surface area (Å²) in [5.74, 6) is -0.581. The van der Waals surface area contributed by atoms with Crippen LogP contribution in [0.5, 0.6) is 0 Å². The standard InChI is InChI=1S/C19H28N4O6S/c1-3-4-14-15-11-22(12-17(15)23(18(14)24)30(2,26)27)19(25)16-9-13(29-20-16)10-21-5-7-28-8-6-21/h9,14-15,17H,3-8,10-12H2,1-2H3/t14-,15-,17+/m1/s1. The van der Waals surface area contributed by atoms with Crippen molar-refractivity contribution in [3.63, 3.8) is 0 Å². The van der Waals surface area contributed by atoms with Crippen molar-refractivity contribution in [3.8, 4) is 0 Å². The highest BCUT2D eigenvalue weighted by molar-refractivity contribution is 7.88. The summed E-state index contributed by atoms with van der Waals surface area (Å²) in [7, 11) is -3.69. The van der Waals surface area contributed by atoms with Crippen LogP contribution in [-0.2, 0) is 26.1 Å². The normalized spacial score (nSPS) is 27.7. The molecule has 0 unspecified atom stereocenters. The van der Waals surface area contributed by atoms with E-state index in [0.717, 1.165) is 30.1 Å². The molecule has 0 bridgehead atoms. The Kier molecular flexibility index (Phi) is 5.86. The summed E-state index contributed by atoms with van der Waals surface area (Å²) >= 11 is 0. The molecule has 10 nitrogen and oxygen atoms in total. The number of ether oxygens (including phenoxy) is 1. The van der Waals surface area contributed by atoms with E-state index in [1.165, 1.54) is 0 Å². The number of amides is 2. The number of morpholine rings is 1. The second-order valence-corrected chi connectivity index (χ2v) is 10.2. The highest BCUT2D eigenvalue weighted by Crippen LogP contribution is 2.40. The lowest BCUT2D eigenvalue weighted by Crippen LogP contribution is -2.43. The molecule has 0 radical (unpaired) electrons. The third-order valence-electron chi connectivity index (χ3n) is 6.19. The Labute approximate surface area is 176 Å². The van der Waals surface area contributed by atoms with Crippen LogP contribution in [0.15, 0.2) is 10.6 Å². The van der Waals surface area contributed by atoms with Crippen molar-refractivity contribution >= 4 is 21.8 Å². The van der Waals surface area contributed by atoms with E-state index in [2.05, 4.69) is 10.1 Å². The molecular formula is C19H28N4O6S. The lowest BCUT2D eigenvalue weighted by atomic mass is 9.89. The van der Waals surface area contributed by atoms with Gasteiger partial charge in [0, 0.05) is 44.1 Å². The van der Waals surface area contributed by atoms with Gasteiger partial charge in [-0.05, 0) is 6.42 Å². The first kappa shape index (κ1) is 21.3. The van der Waals surface area contributed by atoms with Gasteiger partial charge in [0.2, 0.25) is 15.9 Å². The van der Waals surface area contributed by atoms with Crippen LogP contribution in [0.2, 0.25) is 0 Å². The van der Waals surface area contributed by atoms with Crippen LogP contribution >= 0.6 is 0 Å². The fourth-order valence-electron chi connectivity index (χ4n) is 4.82. The quantitative estimate of drug-likeness (QED) is 0.615. The number of carbonyl (C=O) groups is 2. The zero-order chi connectivity index (χ0) is 21.5. The number of nitrogens with zero attached hydrogens (tertiary/aromatic N) is 4. The maximum atomic E-state index is 13.0. The Bertz CT molecular complexity index is 910. The smallest absolute Gasteiger partial charge is 0.276 e. The molecule has 0 N–H and O–H groups in total. The molecule has 0 aromatic carbocycles. The summed E-state index contributed by atoms with van der Waals surface area (Å²) in [6, 6.07) is 1.14. The third kappa shape index (κ3) is 3.97. The number of sulfonamides is 1. The Balaban J connectivity index is 1.47. The molecule has 3 saturated heterocycles. The molecule has 166 valence electrons. The van der Waals surface area contributed by atoms with Gasteiger partial charge in [-0.2, -0.15) is 0 Å². The van der Waals surface area contributed by atoms with Crippen molar-refractivity contribution in [2.45, 2.75) is 32.4 Å². The van der Waals surface area contributed by atoms with Gasteiger partial charge in [0.25, 0.3) is 5.91 Å². The van der Waals surface area contributed by atoms with E-state index in [-0.39, 0.29) is 35.9 Å². The Morgan fingerprint density at radius 1 is 1.27 bits per heavy atom. The van der Waals surface area contributed by atoms with Crippen LogP contribution < -0.4 is 0 Å². The molecule has 0 aliphatic carbocycles. The average molecular weight is 441 g/mol. The molecular weight excluding hydrogens is 412 g/mol. The summed E-state index contributed by atoms with van der Waals surface area (Å²) in [4.78, 5) is 29.5. The van der Waals surface area contributed by atoms with Gasteiger partial charge in [-0.15, -0.1) is 0 Å². The van der Waals surface area contributed by atoms with E-state index in [9.17, 15) is 18.0 Å². The Morgan fingerprint density at radius 3 is 2.67 bits per heavy atom. The van der Waals surface area contributed by atoms with Crippen molar-refractivity contribution in [1.29, 1.82) is 0 Å². The Morgan fingerprint density at radius 2 is 2.00 bits per heavy atom. The number of likely N-dealkylation sites (tertiary alicyclic amines) is 1. The molecule has 1 aromatic rings. The molecule has 11 heteroatoms. The molecule has 30 heavy (non-hydrogen) atoms. The van der Waals surface area contributed by atoms with Gasteiger partial charge in [-0.1, -0.05) is 18.5 Å². The zero-order valence-corrected chi connectivity index (χ0v) is 18.1. The molecule has 3 aliphatic rings. The Hall–Kier alpha value is -1.98. The minimum absolute atomic E-state index is 0.184. The number of carbonyl (C=O) groups excluding carboxylic acids is 2. The van der Waals surface area contributed by atoms with E-state index < -0.39 is 16.1 Å². The van der Waals surface area contributed by atoms with E-state index >= 15 is 0 Å². The summed E-state index contributed by atoms with van der Waals surface area (Å²) in [5.41, 5.74) is 0.211. The number of hydrogen-bond acceptors (Lipinski definition) is 8. The van der Waals surface area contributed by atoms with Gasteiger partial charge in [-0.25, -0.2) is 12.7 Å². The van der Waals surface area contributed by atoms with Gasteiger partial charge < -0.3 is 14.2 Å². The van der Waals surface area contributed by atoms with Crippen LogP contribution in [0.25, 0.3) is 0 Å². The van der Waals surface area contributed by atoms with Crippen LogP contribution in [0.1, 0.15) is 36.0 Å². The highest BCUT2D eigenvalue weighted by atomic mass is 32.2. The van der Waals surface area contributed by atoms with E-state index in [1.807, 2.05) is 6.92 Å². The van der Waals surface area contributed by atoms with Crippen molar-refractivity contribution in [1.82, 2.24) is 19.3 Å². The molecule has 3 fully saturated rings. The first-order valence-corrected chi connectivity index (χ1v) is 12.2. The van der Waals surface area contributed by atoms with Crippen molar-refractivity contribution in [3.05, 3.63) is 17.5 Å². The minimum atomic E-state index is -3.69. The predicted octanol–water partition coefficient (Wildman–Crippen LogP) is 0.166. The lowest BCUT2D eigenvalue weighted by Gasteiger charge is -2.25.